The van der Waals surface area contributed by atoms with Crippen LogP contribution in [0.15, 0.2) is 41.8 Å². The van der Waals surface area contributed by atoms with Gasteiger partial charge < -0.3 is 9.47 Å². The van der Waals surface area contributed by atoms with Gasteiger partial charge in [-0.3, -0.25) is 9.69 Å². The van der Waals surface area contributed by atoms with Crippen molar-refractivity contribution in [2.45, 2.75) is 24.3 Å². The van der Waals surface area contributed by atoms with Crippen LogP contribution in [0, 0.1) is 0 Å². The quantitative estimate of drug-likeness (QED) is 0.233. The average Bonchev–Trinajstić information content (AvgIpc) is 2.65. The summed E-state index contributed by atoms with van der Waals surface area (Å²) in [5, 5.41) is 0. The second-order valence-corrected chi connectivity index (χ2v) is 7.40. The number of ketones is 1. The summed E-state index contributed by atoms with van der Waals surface area (Å²) in [4.78, 5) is 27.1. The molecule has 0 radical (unpaired) electrons. The van der Waals surface area contributed by atoms with Gasteiger partial charge >= 0.3 is 5.97 Å². The number of hydrogen-bond acceptors (Lipinski definition) is 6. The minimum atomic E-state index is -0.544. The van der Waals surface area contributed by atoms with Crippen LogP contribution in [0.25, 0.3) is 0 Å². The molecule has 1 saturated heterocycles. The monoisotopic (exact) mass is 363 g/mol. The van der Waals surface area contributed by atoms with Crippen molar-refractivity contribution in [3.8, 4) is 0 Å². The molecule has 0 spiro atoms. The molecule has 0 aliphatic carbocycles. The van der Waals surface area contributed by atoms with Crippen molar-refractivity contribution in [1.82, 2.24) is 4.90 Å². The summed E-state index contributed by atoms with van der Waals surface area (Å²) in [7, 11) is 0. The van der Waals surface area contributed by atoms with Crippen molar-refractivity contribution >= 4 is 23.5 Å². The molecular weight excluding hydrogens is 338 g/mol. The normalized spacial score (nSPS) is 15.6. The molecule has 1 aromatic rings. The minimum absolute atomic E-state index is 0.117. The van der Waals surface area contributed by atoms with E-state index in [4.69, 9.17) is 9.47 Å². The van der Waals surface area contributed by atoms with Gasteiger partial charge in [-0.15, -0.1) is 11.8 Å². The molecule has 136 valence electrons. The lowest BCUT2D eigenvalue weighted by atomic mass is 9.91. The van der Waals surface area contributed by atoms with Crippen LogP contribution in [0.4, 0.5) is 0 Å². The Balaban J connectivity index is 1.90. The summed E-state index contributed by atoms with van der Waals surface area (Å²) in [5.74, 6) is 0.365. The number of carbonyl (C=O) groups excluding carboxylic acids is 2. The molecule has 6 heteroatoms. The predicted molar refractivity (Wildman–Crippen MR) is 99.1 cm³/mol. The summed E-state index contributed by atoms with van der Waals surface area (Å²) in [6.07, 6.45) is 1.15. The fourth-order valence-corrected chi connectivity index (χ4v) is 3.41. The fourth-order valence-electron chi connectivity index (χ4n) is 2.68. The first kappa shape index (κ1) is 19.7. The van der Waals surface area contributed by atoms with Gasteiger partial charge in [0.05, 0.1) is 18.8 Å². The van der Waals surface area contributed by atoms with Crippen molar-refractivity contribution in [1.29, 1.82) is 0 Å². The summed E-state index contributed by atoms with van der Waals surface area (Å²) >= 11 is 1.58. The van der Waals surface area contributed by atoms with E-state index in [1.807, 2.05) is 38.1 Å². The van der Waals surface area contributed by atoms with Crippen molar-refractivity contribution in [3.05, 3.63) is 42.5 Å². The van der Waals surface area contributed by atoms with Crippen LogP contribution in [-0.2, 0) is 14.3 Å². The Morgan fingerprint density at radius 3 is 2.52 bits per heavy atom. The van der Waals surface area contributed by atoms with Gasteiger partial charge in [-0.05, 0) is 26.0 Å². The third kappa shape index (κ3) is 5.42. The first-order valence-electron chi connectivity index (χ1n) is 8.35. The number of hydrogen-bond donors (Lipinski definition) is 0. The molecule has 1 heterocycles. The zero-order chi connectivity index (χ0) is 18.3. The molecule has 25 heavy (non-hydrogen) atoms. The van der Waals surface area contributed by atoms with Crippen LogP contribution in [0.5, 0.6) is 0 Å². The van der Waals surface area contributed by atoms with E-state index in [1.165, 1.54) is 0 Å². The number of carbonyl (C=O) groups is 2. The third-order valence-electron chi connectivity index (χ3n) is 4.24. The lowest BCUT2D eigenvalue weighted by Crippen LogP contribution is -2.54. The number of rotatable bonds is 8. The van der Waals surface area contributed by atoms with E-state index >= 15 is 0 Å². The molecule has 2 rings (SSSR count). The van der Waals surface area contributed by atoms with E-state index in [2.05, 4.69) is 11.5 Å². The van der Waals surface area contributed by atoms with E-state index in [9.17, 15) is 9.59 Å². The number of ether oxygens (including phenoxy) is 2. The zero-order valence-corrected chi connectivity index (χ0v) is 15.6. The Hall–Kier alpha value is -1.63. The first-order valence-corrected chi connectivity index (χ1v) is 9.33. The van der Waals surface area contributed by atoms with E-state index < -0.39 is 11.5 Å². The molecule has 0 atom stereocenters. The van der Waals surface area contributed by atoms with Crippen LogP contribution in [0.2, 0.25) is 0 Å². The van der Waals surface area contributed by atoms with Crippen LogP contribution in [0.1, 0.15) is 24.2 Å². The lowest BCUT2D eigenvalue weighted by Gasteiger charge is -2.39. The highest BCUT2D eigenvalue weighted by Gasteiger charge is 2.35. The second-order valence-electron chi connectivity index (χ2n) is 6.23. The van der Waals surface area contributed by atoms with Gasteiger partial charge in [0, 0.05) is 35.4 Å². The van der Waals surface area contributed by atoms with Gasteiger partial charge in [-0.25, -0.2) is 4.79 Å². The van der Waals surface area contributed by atoms with Crippen LogP contribution < -0.4 is 0 Å². The molecule has 1 aliphatic heterocycles. The number of thioether (sulfide) groups is 1. The van der Waals surface area contributed by atoms with Crippen molar-refractivity contribution in [3.63, 3.8) is 0 Å². The maximum atomic E-state index is 12.9. The minimum Gasteiger partial charge on any atom is -0.462 e. The van der Waals surface area contributed by atoms with E-state index in [0.29, 0.717) is 31.1 Å². The molecule has 1 aromatic carbocycles. The SMILES string of the molecule is C=CC(=O)OCCSc1ccc(C(=O)C(C)(C)N2CCOCC2)cc1. The van der Waals surface area contributed by atoms with Crippen LogP contribution >= 0.6 is 11.8 Å². The topological polar surface area (TPSA) is 55.8 Å². The van der Waals surface area contributed by atoms with Gasteiger partial charge in [0.2, 0.25) is 0 Å². The number of esters is 1. The Bertz CT molecular complexity index is 606. The highest BCUT2D eigenvalue weighted by atomic mass is 32.2. The lowest BCUT2D eigenvalue weighted by molar-refractivity contribution is -0.137. The Labute approximate surface area is 153 Å². The van der Waals surface area contributed by atoms with E-state index in [1.54, 1.807) is 11.8 Å². The summed E-state index contributed by atoms with van der Waals surface area (Å²) in [6.45, 7) is 10.5. The maximum Gasteiger partial charge on any atom is 0.330 e. The molecule has 0 unspecified atom stereocenters. The number of benzene rings is 1. The van der Waals surface area contributed by atoms with Gasteiger partial charge in [0.15, 0.2) is 5.78 Å². The standard InChI is InChI=1S/C19H25NO4S/c1-4-17(21)24-13-14-25-16-7-5-15(6-8-16)18(22)19(2,3)20-9-11-23-12-10-20/h4-8H,1,9-14H2,2-3H3. The maximum absolute atomic E-state index is 12.9. The van der Waals surface area contributed by atoms with Crippen molar-refractivity contribution < 1.29 is 19.1 Å². The van der Waals surface area contributed by atoms with Gasteiger partial charge in [0.25, 0.3) is 0 Å². The van der Waals surface area contributed by atoms with Crippen LogP contribution in [-0.4, -0.2) is 60.9 Å². The summed E-state index contributed by atoms with van der Waals surface area (Å²) in [6, 6.07) is 7.59. The molecule has 1 fully saturated rings. The fraction of sp³-hybridized carbons (Fsp3) is 0.474. The number of Topliss-reactive ketones (excluding diaryl/α,β-unsaturated/α-hetero) is 1. The highest BCUT2D eigenvalue weighted by molar-refractivity contribution is 7.99. The molecule has 0 aromatic heterocycles. The molecule has 0 saturated carbocycles. The molecule has 0 amide bonds. The molecule has 1 aliphatic rings. The Morgan fingerprint density at radius 2 is 1.92 bits per heavy atom. The second kappa shape index (κ2) is 9.17. The van der Waals surface area contributed by atoms with Crippen molar-refractivity contribution in [2.75, 3.05) is 38.7 Å². The largest absolute Gasteiger partial charge is 0.462 e. The highest BCUT2D eigenvalue weighted by Crippen LogP contribution is 2.24. The first-order chi connectivity index (χ1) is 11.9. The Morgan fingerprint density at radius 1 is 1.28 bits per heavy atom. The molecular formula is C19H25NO4S. The van der Waals surface area contributed by atoms with E-state index in [0.717, 1.165) is 24.1 Å². The third-order valence-corrected chi connectivity index (χ3v) is 5.21. The summed E-state index contributed by atoms with van der Waals surface area (Å²) < 4.78 is 10.3. The molecule has 5 nitrogen and oxygen atoms in total. The molecule has 0 N–H and O–H groups in total. The van der Waals surface area contributed by atoms with E-state index in [-0.39, 0.29) is 5.78 Å². The molecule has 0 bridgehead atoms. The van der Waals surface area contributed by atoms with Gasteiger partial charge in [-0.1, -0.05) is 18.7 Å². The number of morpholine rings is 1. The average molecular weight is 363 g/mol. The van der Waals surface area contributed by atoms with Crippen LogP contribution in [0.3, 0.4) is 0 Å². The van der Waals surface area contributed by atoms with Gasteiger partial charge in [0.1, 0.15) is 6.61 Å². The smallest absolute Gasteiger partial charge is 0.330 e. The zero-order valence-electron chi connectivity index (χ0n) is 14.8. The number of nitrogens with zero attached hydrogens (tertiary/aromatic N) is 1. The summed E-state index contributed by atoms with van der Waals surface area (Å²) in [5.41, 5.74) is 0.163. The predicted octanol–water partition coefficient (Wildman–Crippen LogP) is 2.80. The van der Waals surface area contributed by atoms with Crippen molar-refractivity contribution in [2.24, 2.45) is 0 Å². The van der Waals surface area contributed by atoms with Gasteiger partial charge in [-0.2, -0.15) is 0 Å². The Kier molecular flexibility index (Phi) is 7.23.